The molecule has 0 bridgehead atoms. The van der Waals surface area contributed by atoms with E-state index in [1.807, 2.05) is 41.8 Å². The summed E-state index contributed by atoms with van der Waals surface area (Å²) in [6.45, 7) is 4.37. The van der Waals surface area contributed by atoms with Crippen molar-refractivity contribution in [3.8, 4) is 11.3 Å². The molecule has 0 amide bonds. The van der Waals surface area contributed by atoms with E-state index in [1.54, 1.807) is 10.7 Å². The molecule has 4 aromatic rings. The van der Waals surface area contributed by atoms with Gasteiger partial charge in [0.05, 0.1) is 23.4 Å². The topological polar surface area (TPSA) is 72.4 Å². The van der Waals surface area contributed by atoms with Crippen LogP contribution < -0.4 is 0 Å². The van der Waals surface area contributed by atoms with Crippen LogP contribution in [0.15, 0.2) is 54.6 Å². The minimum absolute atomic E-state index is 0.0516. The molecule has 0 atom stereocenters. The first-order valence-electron chi connectivity index (χ1n) is 8.34. The highest BCUT2D eigenvalue weighted by Crippen LogP contribution is 2.24. The highest BCUT2D eigenvalue weighted by molar-refractivity contribution is 5.85. The number of rotatable bonds is 4. The molecule has 0 aliphatic rings. The number of hydrogen-bond donors (Lipinski definition) is 1. The maximum atomic E-state index is 11.1. The van der Waals surface area contributed by atoms with Crippen molar-refractivity contribution in [2.75, 3.05) is 0 Å². The fourth-order valence-electron chi connectivity index (χ4n) is 3.11. The van der Waals surface area contributed by atoms with Crippen molar-refractivity contribution in [1.82, 2.24) is 19.4 Å². The lowest BCUT2D eigenvalue weighted by Gasteiger charge is -2.07. The van der Waals surface area contributed by atoms with Crippen LogP contribution >= 0.6 is 0 Å². The highest BCUT2D eigenvalue weighted by atomic mass is 16.4. The Labute approximate surface area is 150 Å². The van der Waals surface area contributed by atoms with Crippen LogP contribution in [-0.4, -0.2) is 30.5 Å². The van der Waals surface area contributed by atoms with E-state index in [0.29, 0.717) is 6.54 Å². The Morgan fingerprint density at radius 2 is 1.85 bits per heavy atom. The van der Waals surface area contributed by atoms with Crippen LogP contribution in [0.2, 0.25) is 0 Å². The van der Waals surface area contributed by atoms with Gasteiger partial charge >= 0.3 is 5.97 Å². The van der Waals surface area contributed by atoms with Gasteiger partial charge in [0.25, 0.3) is 0 Å². The maximum absolute atomic E-state index is 11.1. The van der Waals surface area contributed by atoms with E-state index in [1.165, 1.54) is 5.56 Å². The number of hydrogen-bond acceptors (Lipinski definition) is 3. The van der Waals surface area contributed by atoms with Gasteiger partial charge in [0.15, 0.2) is 5.69 Å². The molecule has 0 spiro atoms. The minimum atomic E-state index is -1.02. The SMILES string of the molecule is Cc1ccccc1-c1cc2cccc(Cn3nc(C(=O)O)cc3C)n2n1. The maximum Gasteiger partial charge on any atom is 0.356 e. The van der Waals surface area contributed by atoms with Gasteiger partial charge in [-0.3, -0.25) is 4.68 Å². The third kappa shape index (κ3) is 2.75. The van der Waals surface area contributed by atoms with Gasteiger partial charge < -0.3 is 5.11 Å². The molecule has 1 N–H and O–H groups in total. The van der Waals surface area contributed by atoms with Gasteiger partial charge in [-0.25, -0.2) is 9.31 Å². The molecule has 0 radical (unpaired) electrons. The van der Waals surface area contributed by atoms with E-state index in [4.69, 9.17) is 10.2 Å². The fraction of sp³-hybridized carbons (Fsp3) is 0.150. The summed E-state index contributed by atoms with van der Waals surface area (Å²) in [6, 6.07) is 17.8. The fourth-order valence-corrected chi connectivity index (χ4v) is 3.11. The van der Waals surface area contributed by atoms with E-state index in [0.717, 1.165) is 28.2 Å². The van der Waals surface area contributed by atoms with Crippen molar-refractivity contribution in [2.45, 2.75) is 20.4 Å². The smallest absolute Gasteiger partial charge is 0.356 e. The number of carboxylic acids is 1. The second-order valence-corrected chi connectivity index (χ2v) is 6.33. The van der Waals surface area contributed by atoms with Crippen molar-refractivity contribution < 1.29 is 9.90 Å². The predicted molar refractivity (Wildman–Crippen MR) is 98.4 cm³/mol. The van der Waals surface area contributed by atoms with Crippen molar-refractivity contribution in [3.05, 3.63) is 77.2 Å². The molecule has 6 nitrogen and oxygen atoms in total. The Morgan fingerprint density at radius 1 is 1.04 bits per heavy atom. The molecular formula is C20H18N4O2. The van der Waals surface area contributed by atoms with Crippen LogP contribution in [0, 0.1) is 13.8 Å². The number of pyridine rings is 1. The summed E-state index contributed by atoms with van der Waals surface area (Å²) in [7, 11) is 0. The first-order chi connectivity index (χ1) is 12.5. The summed E-state index contributed by atoms with van der Waals surface area (Å²) in [6.07, 6.45) is 0. The number of carboxylic acid groups (broad SMARTS) is 1. The molecule has 0 aliphatic heterocycles. The summed E-state index contributed by atoms with van der Waals surface area (Å²) in [4.78, 5) is 11.1. The number of aromatic carboxylic acids is 1. The van der Waals surface area contributed by atoms with Crippen LogP contribution in [0.5, 0.6) is 0 Å². The zero-order valence-corrected chi connectivity index (χ0v) is 14.5. The molecule has 0 fully saturated rings. The van der Waals surface area contributed by atoms with Gasteiger partial charge in [0.2, 0.25) is 0 Å². The number of fused-ring (bicyclic) bond motifs is 1. The van der Waals surface area contributed by atoms with Gasteiger partial charge in [-0.2, -0.15) is 10.2 Å². The average molecular weight is 346 g/mol. The lowest BCUT2D eigenvalue weighted by molar-refractivity contribution is 0.0689. The highest BCUT2D eigenvalue weighted by Gasteiger charge is 2.13. The lowest BCUT2D eigenvalue weighted by atomic mass is 10.1. The van der Waals surface area contributed by atoms with Gasteiger partial charge in [-0.15, -0.1) is 0 Å². The first-order valence-corrected chi connectivity index (χ1v) is 8.34. The van der Waals surface area contributed by atoms with Gasteiger partial charge in [-0.05, 0) is 43.7 Å². The summed E-state index contributed by atoms with van der Waals surface area (Å²) < 4.78 is 3.58. The summed E-state index contributed by atoms with van der Waals surface area (Å²) in [5.74, 6) is -1.02. The largest absolute Gasteiger partial charge is 0.476 e. The monoisotopic (exact) mass is 346 g/mol. The quantitative estimate of drug-likeness (QED) is 0.613. The molecule has 4 rings (SSSR count). The lowest BCUT2D eigenvalue weighted by Crippen LogP contribution is -2.09. The van der Waals surface area contributed by atoms with E-state index < -0.39 is 5.97 Å². The standard InChI is InChI=1S/C20H18N4O2/c1-13-6-3-4-9-17(13)18-11-15-7-5-8-16(24(15)22-18)12-23-14(2)10-19(21-23)20(25)26/h3-11H,12H2,1-2H3,(H,25,26). The molecule has 0 aliphatic carbocycles. The number of aryl methyl sites for hydroxylation is 2. The number of benzene rings is 1. The Kier molecular flexibility index (Phi) is 3.80. The van der Waals surface area contributed by atoms with Crippen LogP contribution in [0.4, 0.5) is 0 Å². The molecule has 3 aromatic heterocycles. The van der Waals surface area contributed by atoms with Crippen molar-refractivity contribution in [3.63, 3.8) is 0 Å². The Bertz CT molecular complexity index is 1120. The number of aromatic nitrogens is 4. The summed E-state index contributed by atoms with van der Waals surface area (Å²) in [5, 5.41) is 18.1. The zero-order chi connectivity index (χ0) is 18.3. The van der Waals surface area contributed by atoms with Crippen LogP contribution in [0.25, 0.3) is 16.8 Å². The second kappa shape index (κ2) is 6.15. The van der Waals surface area contributed by atoms with E-state index in [9.17, 15) is 4.79 Å². The average Bonchev–Trinajstić information content (AvgIpc) is 3.20. The molecule has 6 heteroatoms. The normalized spacial score (nSPS) is 11.2. The number of nitrogens with zero attached hydrogens (tertiary/aromatic N) is 4. The zero-order valence-electron chi connectivity index (χ0n) is 14.5. The Hall–Kier alpha value is -3.41. The van der Waals surface area contributed by atoms with Crippen LogP contribution in [0.3, 0.4) is 0 Å². The van der Waals surface area contributed by atoms with Crippen molar-refractivity contribution >= 4 is 11.5 Å². The van der Waals surface area contributed by atoms with Crippen LogP contribution in [-0.2, 0) is 6.54 Å². The molecule has 26 heavy (non-hydrogen) atoms. The third-order valence-electron chi connectivity index (χ3n) is 4.50. The molecule has 0 unspecified atom stereocenters. The molecule has 3 heterocycles. The van der Waals surface area contributed by atoms with E-state index in [-0.39, 0.29) is 5.69 Å². The Balaban J connectivity index is 1.77. The Morgan fingerprint density at radius 3 is 2.58 bits per heavy atom. The molecule has 0 saturated heterocycles. The third-order valence-corrected chi connectivity index (χ3v) is 4.50. The summed E-state index contributed by atoms with van der Waals surface area (Å²) >= 11 is 0. The molecular weight excluding hydrogens is 328 g/mol. The minimum Gasteiger partial charge on any atom is -0.476 e. The summed E-state index contributed by atoms with van der Waals surface area (Å²) in [5.41, 5.74) is 5.96. The molecule has 130 valence electrons. The number of carbonyl (C=O) groups is 1. The van der Waals surface area contributed by atoms with E-state index >= 15 is 0 Å². The molecule has 0 saturated carbocycles. The van der Waals surface area contributed by atoms with Gasteiger partial charge in [0, 0.05) is 11.3 Å². The first kappa shape index (κ1) is 16.1. The van der Waals surface area contributed by atoms with Gasteiger partial charge in [0.1, 0.15) is 0 Å². The van der Waals surface area contributed by atoms with Crippen molar-refractivity contribution in [2.24, 2.45) is 0 Å². The predicted octanol–water partition coefficient (Wildman–Crippen LogP) is 3.56. The molecule has 1 aromatic carbocycles. The van der Waals surface area contributed by atoms with Gasteiger partial charge in [-0.1, -0.05) is 30.3 Å². The van der Waals surface area contributed by atoms with Crippen LogP contribution in [0.1, 0.15) is 27.4 Å². The second-order valence-electron chi connectivity index (χ2n) is 6.33. The van der Waals surface area contributed by atoms with Crippen molar-refractivity contribution in [1.29, 1.82) is 0 Å². The van der Waals surface area contributed by atoms with E-state index in [2.05, 4.69) is 30.2 Å².